The van der Waals surface area contributed by atoms with Crippen LogP contribution in [0.25, 0.3) is 0 Å². The van der Waals surface area contributed by atoms with Crippen molar-refractivity contribution >= 4 is 33.5 Å². The lowest BCUT2D eigenvalue weighted by atomic mass is 10.1. The number of halogens is 1. The minimum atomic E-state index is 0.0284. The Morgan fingerprint density at radius 2 is 2.04 bits per heavy atom. The monoisotopic (exact) mass is 404 g/mol. The molecule has 3 nitrogen and oxygen atoms in total. The zero-order valence-corrected chi connectivity index (χ0v) is 16.5. The largest absolute Gasteiger partial charge is 0.496 e. The maximum absolute atomic E-state index is 5.48. The quantitative estimate of drug-likeness (QED) is 0.720. The second-order valence-corrected chi connectivity index (χ2v) is 8.35. The first kappa shape index (κ1) is 17.4. The molecule has 0 unspecified atom stereocenters. The summed E-state index contributed by atoms with van der Waals surface area (Å²) < 4.78 is 6.54. The third-order valence-electron chi connectivity index (χ3n) is 3.86. The summed E-state index contributed by atoms with van der Waals surface area (Å²) in [7, 11) is 1.71. The number of nitrogens with zero attached hydrogens (tertiary/aromatic N) is 1. The Kier molecular flexibility index (Phi) is 5.21. The standard InChI is InChI=1S/C19H21BrN2OS/c1-19(2)12-21-18(22-19)15-6-4-5-7-17(15)24-11-13-10-14(20)8-9-16(13)23-3/h4-10H,11-12H2,1-3H3,(H,21,22). The van der Waals surface area contributed by atoms with E-state index in [0.29, 0.717) is 0 Å². The van der Waals surface area contributed by atoms with Gasteiger partial charge in [-0.25, -0.2) is 0 Å². The number of benzene rings is 2. The summed E-state index contributed by atoms with van der Waals surface area (Å²) in [5.41, 5.74) is 2.37. The van der Waals surface area contributed by atoms with Gasteiger partial charge in [0.1, 0.15) is 11.6 Å². The second kappa shape index (κ2) is 7.19. The number of amidine groups is 1. The summed E-state index contributed by atoms with van der Waals surface area (Å²) in [4.78, 5) is 5.91. The number of ether oxygens (including phenoxy) is 1. The van der Waals surface area contributed by atoms with Gasteiger partial charge >= 0.3 is 0 Å². The third-order valence-corrected chi connectivity index (χ3v) is 5.47. The number of rotatable bonds is 5. The smallest absolute Gasteiger partial charge is 0.129 e. The fraction of sp³-hybridized carbons (Fsp3) is 0.316. The van der Waals surface area contributed by atoms with Crippen LogP contribution in [0.15, 0.2) is 56.8 Å². The highest BCUT2D eigenvalue weighted by atomic mass is 79.9. The normalized spacial score (nSPS) is 15.8. The molecule has 0 saturated carbocycles. The molecule has 1 aliphatic heterocycles. The van der Waals surface area contributed by atoms with Crippen LogP contribution >= 0.6 is 27.7 Å². The molecule has 24 heavy (non-hydrogen) atoms. The Bertz CT molecular complexity index is 774. The lowest BCUT2D eigenvalue weighted by Crippen LogP contribution is -2.40. The molecule has 2 aromatic carbocycles. The third kappa shape index (κ3) is 3.95. The van der Waals surface area contributed by atoms with Gasteiger partial charge < -0.3 is 10.1 Å². The van der Waals surface area contributed by atoms with Gasteiger partial charge in [0.15, 0.2) is 0 Å². The van der Waals surface area contributed by atoms with Crippen LogP contribution in [0, 0.1) is 0 Å². The molecule has 0 radical (unpaired) electrons. The van der Waals surface area contributed by atoms with Crippen molar-refractivity contribution in [1.82, 2.24) is 5.32 Å². The highest BCUT2D eigenvalue weighted by molar-refractivity contribution is 9.10. The SMILES string of the molecule is COc1ccc(Br)cc1CSc1ccccc1C1=NCC(C)(C)N1. The summed E-state index contributed by atoms with van der Waals surface area (Å²) in [5, 5.41) is 3.52. The van der Waals surface area contributed by atoms with E-state index in [0.717, 1.165) is 28.4 Å². The molecule has 0 aromatic heterocycles. The molecule has 1 aliphatic rings. The fourth-order valence-corrected chi connectivity index (χ4v) is 4.07. The molecule has 0 saturated heterocycles. The predicted octanol–water partition coefficient (Wildman–Crippen LogP) is 4.88. The van der Waals surface area contributed by atoms with E-state index in [1.54, 1.807) is 18.9 Å². The van der Waals surface area contributed by atoms with Gasteiger partial charge in [0.25, 0.3) is 0 Å². The van der Waals surface area contributed by atoms with E-state index in [-0.39, 0.29) is 5.54 Å². The Morgan fingerprint density at radius 1 is 1.25 bits per heavy atom. The fourth-order valence-electron chi connectivity index (χ4n) is 2.63. The van der Waals surface area contributed by atoms with Gasteiger partial charge in [-0.2, -0.15) is 0 Å². The maximum atomic E-state index is 5.48. The van der Waals surface area contributed by atoms with Gasteiger partial charge in [-0.15, -0.1) is 11.8 Å². The number of thioether (sulfide) groups is 1. The van der Waals surface area contributed by atoms with Crippen molar-refractivity contribution in [2.45, 2.75) is 30.0 Å². The second-order valence-electron chi connectivity index (χ2n) is 6.41. The minimum absolute atomic E-state index is 0.0284. The molecular formula is C19H21BrN2OS. The molecule has 1 N–H and O–H groups in total. The van der Waals surface area contributed by atoms with Crippen LogP contribution in [0.3, 0.4) is 0 Å². The average Bonchev–Trinajstić information content (AvgIpc) is 2.93. The maximum Gasteiger partial charge on any atom is 0.129 e. The molecule has 0 amide bonds. The summed E-state index contributed by atoms with van der Waals surface area (Å²) >= 11 is 5.34. The number of methoxy groups -OCH3 is 1. The molecule has 1 heterocycles. The molecule has 126 valence electrons. The van der Waals surface area contributed by atoms with Crippen molar-refractivity contribution in [3.63, 3.8) is 0 Å². The molecule has 5 heteroatoms. The average molecular weight is 405 g/mol. The van der Waals surface area contributed by atoms with Gasteiger partial charge in [-0.1, -0.05) is 34.1 Å². The van der Waals surface area contributed by atoms with Gasteiger partial charge in [-0.3, -0.25) is 4.99 Å². The van der Waals surface area contributed by atoms with E-state index >= 15 is 0 Å². The summed E-state index contributed by atoms with van der Waals surface area (Å²) in [6, 6.07) is 14.5. The van der Waals surface area contributed by atoms with Gasteiger partial charge in [0, 0.05) is 26.2 Å². The number of hydrogen-bond acceptors (Lipinski definition) is 4. The summed E-state index contributed by atoms with van der Waals surface area (Å²) in [5.74, 6) is 2.75. The van der Waals surface area contributed by atoms with E-state index in [1.165, 1.54) is 16.0 Å². The van der Waals surface area contributed by atoms with Crippen LogP contribution in [-0.2, 0) is 5.75 Å². The Balaban J connectivity index is 1.81. The van der Waals surface area contributed by atoms with Crippen molar-refractivity contribution in [2.24, 2.45) is 4.99 Å². The van der Waals surface area contributed by atoms with Crippen LogP contribution in [0.5, 0.6) is 5.75 Å². The lowest BCUT2D eigenvalue weighted by Gasteiger charge is -2.19. The first-order valence-electron chi connectivity index (χ1n) is 7.86. The molecular weight excluding hydrogens is 384 g/mol. The molecule has 0 atom stereocenters. The Hall–Kier alpha value is -1.46. The van der Waals surface area contributed by atoms with Crippen LogP contribution in [0.1, 0.15) is 25.0 Å². The topological polar surface area (TPSA) is 33.6 Å². The number of aliphatic imine (C=N–C) groups is 1. The molecule has 0 bridgehead atoms. The molecule has 0 fully saturated rings. The van der Waals surface area contributed by atoms with Crippen LogP contribution < -0.4 is 10.1 Å². The van der Waals surface area contributed by atoms with E-state index in [4.69, 9.17) is 4.74 Å². The Morgan fingerprint density at radius 3 is 2.75 bits per heavy atom. The van der Waals surface area contributed by atoms with Crippen LogP contribution in [0.2, 0.25) is 0 Å². The van der Waals surface area contributed by atoms with Crippen molar-refractivity contribution in [3.8, 4) is 5.75 Å². The van der Waals surface area contributed by atoms with Crippen LogP contribution in [0.4, 0.5) is 0 Å². The van der Waals surface area contributed by atoms with E-state index < -0.39 is 0 Å². The Labute approximate surface area is 156 Å². The van der Waals surface area contributed by atoms with E-state index in [1.807, 2.05) is 12.1 Å². The van der Waals surface area contributed by atoms with Gasteiger partial charge in [0.05, 0.1) is 19.2 Å². The molecule has 0 aliphatic carbocycles. The first-order chi connectivity index (χ1) is 11.5. The van der Waals surface area contributed by atoms with Crippen molar-refractivity contribution < 1.29 is 4.74 Å². The predicted molar refractivity (Wildman–Crippen MR) is 105 cm³/mol. The van der Waals surface area contributed by atoms with Gasteiger partial charge in [-0.05, 0) is 38.1 Å². The van der Waals surface area contributed by atoms with Crippen molar-refractivity contribution in [3.05, 3.63) is 58.1 Å². The van der Waals surface area contributed by atoms with Crippen molar-refractivity contribution in [1.29, 1.82) is 0 Å². The summed E-state index contributed by atoms with van der Waals surface area (Å²) in [6.45, 7) is 5.15. The zero-order valence-electron chi connectivity index (χ0n) is 14.1. The zero-order chi connectivity index (χ0) is 17.2. The molecule has 0 spiro atoms. The molecule has 3 rings (SSSR count). The van der Waals surface area contributed by atoms with Crippen LogP contribution in [-0.4, -0.2) is 25.0 Å². The van der Waals surface area contributed by atoms with E-state index in [9.17, 15) is 0 Å². The highest BCUT2D eigenvalue weighted by Crippen LogP contribution is 2.32. The highest BCUT2D eigenvalue weighted by Gasteiger charge is 2.26. The van der Waals surface area contributed by atoms with Gasteiger partial charge in [0.2, 0.25) is 0 Å². The van der Waals surface area contributed by atoms with E-state index in [2.05, 4.69) is 70.4 Å². The van der Waals surface area contributed by atoms with Crippen molar-refractivity contribution in [2.75, 3.05) is 13.7 Å². The lowest BCUT2D eigenvalue weighted by molar-refractivity contribution is 0.411. The minimum Gasteiger partial charge on any atom is -0.496 e. The number of nitrogens with one attached hydrogen (secondary N) is 1. The molecule has 2 aromatic rings. The summed E-state index contributed by atoms with van der Waals surface area (Å²) in [6.07, 6.45) is 0. The number of hydrogen-bond donors (Lipinski definition) is 1. The first-order valence-corrected chi connectivity index (χ1v) is 9.64.